The number of hydrogen-bond donors (Lipinski definition) is 2. The molecule has 0 saturated carbocycles. The Hall–Kier alpha value is -1.40. The summed E-state index contributed by atoms with van der Waals surface area (Å²) in [6, 6.07) is 0. The fourth-order valence-corrected chi connectivity index (χ4v) is 2.14. The molecule has 0 spiro atoms. The molecule has 0 amide bonds. The summed E-state index contributed by atoms with van der Waals surface area (Å²) in [7, 11) is 1.91. The predicted octanol–water partition coefficient (Wildman–Crippen LogP) is 0.768. The van der Waals surface area contributed by atoms with Gasteiger partial charge in [-0.05, 0) is 6.92 Å². The van der Waals surface area contributed by atoms with Gasteiger partial charge in [0.25, 0.3) is 0 Å². The molecule has 0 aliphatic heterocycles. The van der Waals surface area contributed by atoms with E-state index in [2.05, 4.69) is 15.4 Å². The first-order chi connectivity index (χ1) is 7.65. The lowest BCUT2D eigenvalue weighted by Gasteiger charge is -2.01. The van der Waals surface area contributed by atoms with Gasteiger partial charge in [0.1, 0.15) is 0 Å². The number of rotatable bonds is 4. The molecule has 2 aromatic rings. The van der Waals surface area contributed by atoms with Crippen molar-refractivity contribution in [3.8, 4) is 0 Å². The van der Waals surface area contributed by atoms with Gasteiger partial charge in [-0.25, -0.2) is 0 Å². The maximum atomic E-state index is 10.9. The Balaban J connectivity index is 1.89. The maximum absolute atomic E-state index is 10.9. The number of aromatic nitrogens is 3. The van der Waals surface area contributed by atoms with Crippen molar-refractivity contribution in [1.29, 1.82) is 0 Å². The van der Waals surface area contributed by atoms with Gasteiger partial charge >= 0.3 is 4.87 Å². The van der Waals surface area contributed by atoms with Gasteiger partial charge < -0.3 is 10.3 Å². The minimum Gasteiger partial charge on any atom is -0.315 e. The molecule has 0 aliphatic carbocycles. The Morgan fingerprint density at radius 2 is 2.38 bits per heavy atom. The maximum Gasteiger partial charge on any atom is 0.304 e. The zero-order valence-electron chi connectivity index (χ0n) is 9.28. The van der Waals surface area contributed by atoms with Gasteiger partial charge in [0.05, 0.1) is 5.69 Å². The fraction of sp³-hybridized carbons (Fsp3) is 0.400. The SMILES string of the molecule is Cc1nn(C)cc1CNCc1csc(=O)[nH]1. The zero-order valence-corrected chi connectivity index (χ0v) is 10.1. The lowest BCUT2D eigenvalue weighted by Crippen LogP contribution is -2.14. The van der Waals surface area contributed by atoms with Gasteiger partial charge in [0, 0.05) is 43.0 Å². The molecule has 2 heterocycles. The van der Waals surface area contributed by atoms with Gasteiger partial charge in [-0.15, -0.1) is 0 Å². The van der Waals surface area contributed by atoms with Gasteiger partial charge in [-0.2, -0.15) is 5.10 Å². The summed E-state index contributed by atoms with van der Waals surface area (Å²) < 4.78 is 1.80. The van der Waals surface area contributed by atoms with Crippen LogP contribution in [0.5, 0.6) is 0 Å². The van der Waals surface area contributed by atoms with E-state index in [0.717, 1.165) is 17.9 Å². The van der Waals surface area contributed by atoms with Gasteiger partial charge in [0.2, 0.25) is 0 Å². The average molecular weight is 238 g/mol. The molecule has 0 atom stereocenters. The number of nitrogens with one attached hydrogen (secondary N) is 2. The average Bonchev–Trinajstić information content (AvgIpc) is 2.74. The van der Waals surface area contributed by atoms with Crippen LogP contribution >= 0.6 is 11.3 Å². The summed E-state index contributed by atoms with van der Waals surface area (Å²) in [6.07, 6.45) is 2.00. The second kappa shape index (κ2) is 4.63. The van der Waals surface area contributed by atoms with Crippen LogP contribution in [0.2, 0.25) is 0 Å². The highest BCUT2D eigenvalue weighted by molar-refractivity contribution is 7.07. The Morgan fingerprint density at radius 3 is 2.94 bits per heavy atom. The van der Waals surface area contributed by atoms with E-state index in [1.54, 1.807) is 4.68 Å². The molecule has 2 N–H and O–H groups in total. The third-order valence-electron chi connectivity index (χ3n) is 2.32. The van der Waals surface area contributed by atoms with Crippen LogP contribution in [-0.4, -0.2) is 14.8 Å². The van der Waals surface area contributed by atoms with Crippen LogP contribution in [0.15, 0.2) is 16.4 Å². The second-order valence-corrected chi connectivity index (χ2v) is 4.53. The topological polar surface area (TPSA) is 62.7 Å². The van der Waals surface area contributed by atoms with Crippen molar-refractivity contribution in [3.63, 3.8) is 0 Å². The minimum atomic E-state index is -0.00522. The highest BCUT2D eigenvalue weighted by Gasteiger charge is 2.02. The van der Waals surface area contributed by atoms with Crippen LogP contribution in [0.1, 0.15) is 17.0 Å². The standard InChI is InChI=1S/C10H14N4OS/c1-7-8(5-14(2)13-7)3-11-4-9-6-16-10(15)12-9/h5-6,11H,3-4H2,1-2H3,(H,12,15). The third-order valence-corrected chi connectivity index (χ3v) is 3.04. The summed E-state index contributed by atoms with van der Waals surface area (Å²) in [6.45, 7) is 3.42. The summed E-state index contributed by atoms with van der Waals surface area (Å²) in [5.74, 6) is 0. The van der Waals surface area contributed by atoms with Crippen LogP contribution in [0.25, 0.3) is 0 Å². The smallest absolute Gasteiger partial charge is 0.304 e. The van der Waals surface area contributed by atoms with Gasteiger partial charge in [-0.1, -0.05) is 11.3 Å². The molecule has 5 nitrogen and oxygen atoms in total. The van der Waals surface area contributed by atoms with E-state index in [1.165, 1.54) is 16.9 Å². The van der Waals surface area contributed by atoms with Crippen molar-refractivity contribution in [1.82, 2.24) is 20.1 Å². The Labute approximate surface area is 97.1 Å². The third kappa shape index (κ3) is 2.59. The summed E-state index contributed by atoms with van der Waals surface area (Å²) in [5.41, 5.74) is 3.14. The lowest BCUT2D eigenvalue weighted by atomic mass is 10.2. The quantitative estimate of drug-likeness (QED) is 0.827. The number of hydrogen-bond acceptors (Lipinski definition) is 4. The van der Waals surface area contributed by atoms with Crippen molar-refractivity contribution in [2.24, 2.45) is 7.05 Å². The normalized spacial score (nSPS) is 10.9. The first-order valence-corrected chi connectivity index (χ1v) is 5.89. The molecule has 0 bridgehead atoms. The van der Waals surface area contributed by atoms with E-state index in [4.69, 9.17) is 0 Å². The summed E-state index contributed by atoms with van der Waals surface area (Å²) >= 11 is 1.19. The number of nitrogens with zero attached hydrogens (tertiary/aromatic N) is 2. The van der Waals surface area contributed by atoms with Gasteiger partial charge in [-0.3, -0.25) is 9.48 Å². The molecule has 2 rings (SSSR count). The molecule has 16 heavy (non-hydrogen) atoms. The molecular weight excluding hydrogens is 224 g/mol. The van der Waals surface area contributed by atoms with E-state index in [0.29, 0.717) is 6.54 Å². The van der Waals surface area contributed by atoms with Crippen LogP contribution in [0.3, 0.4) is 0 Å². The Morgan fingerprint density at radius 1 is 1.56 bits per heavy atom. The predicted molar refractivity (Wildman–Crippen MR) is 63.4 cm³/mol. The highest BCUT2D eigenvalue weighted by atomic mass is 32.1. The summed E-state index contributed by atoms with van der Waals surface area (Å²) in [5, 5.41) is 9.37. The van der Waals surface area contributed by atoms with E-state index >= 15 is 0 Å². The largest absolute Gasteiger partial charge is 0.315 e. The molecule has 0 fully saturated rings. The zero-order chi connectivity index (χ0) is 11.5. The van der Waals surface area contributed by atoms with Crippen LogP contribution in [-0.2, 0) is 20.1 Å². The number of thiazole rings is 1. The number of aryl methyl sites for hydroxylation is 2. The van der Waals surface area contributed by atoms with Crippen LogP contribution in [0.4, 0.5) is 0 Å². The second-order valence-electron chi connectivity index (χ2n) is 3.69. The minimum absolute atomic E-state index is 0.00522. The Kier molecular flexibility index (Phi) is 3.21. The molecule has 6 heteroatoms. The van der Waals surface area contributed by atoms with Crippen molar-refractivity contribution in [3.05, 3.63) is 38.2 Å². The molecule has 2 aromatic heterocycles. The van der Waals surface area contributed by atoms with E-state index in [1.807, 2.05) is 25.5 Å². The monoisotopic (exact) mass is 238 g/mol. The molecule has 86 valence electrons. The van der Waals surface area contributed by atoms with Crippen molar-refractivity contribution >= 4 is 11.3 Å². The van der Waals surface area contributed by atoms with E-state index in [9.17, 15) is 4.79 Å². The Bertz CT molecular complexity index is 525. The van der Waals surface area contributed by atoms with Gasteiger partial charge in [0.15, 0.2) is 0 Å². The van der Waals surface area contributed by atoms with Crippen LogP contribution in [0, 0.1) is 6.92 Å². The lowest BCUT2D eigenvalue weighted by molar-refractivity contribution is 0.679. The summed E-state index contributed by atoms with van der Waals surface area (Å²) in [4.78, 5) is 13.7. The van der Waals surface area contributed by atoms with Crippen LogP contribution < -0.4 is 10.2 Å². The van der Waals surface area contributed by atoms with E-state index < -0.39 is 0 Å². The van der Waals surface area contributed by atoms with Crippen molar-refractivity contribution in [2.75, 3.05) is 0 Å². The van der Waals surface area contributed by atoms with Crippen molar-refractivity contribution in [2.45, 2.75) is 20.0 Å². The molecule has 0 saturated heterocycles. The first-order valence-electron chi connectivity index (χ1n) is 5.01. The molecule has 0 aliphatic rings. The first kappa shape index (κ1) is 11.1. The molecular formula is C10H14N4OS. The number of H-pyrrole nitrogens is 1. The van der Waals surface area contributed by atoms with E-state index in [-0.39, 0.29) is 4.87 Å². The highest BCUT2D eigenvalue weighted by Crippen LogP contribution is 2.04. The number of aromatic amines is 1. The molecule has 0 aromatic carbocycles. The molecule has 0 radical (unpaired) electrons. The van der Waals surface area contributed by atoms with Crippen molar-refractivity contribution < 1.29 is 0 Å². The molecule has 0 unspecified atom stereocenters. The fourth-order valence-electron chi connectivity index (χ4n) is 1.55.